The number of rotatable bonds is 4. The number of aryl methyl sites for hydroxylation is 1. The molecule has 0 radical (unpaired) electrons. The van der Waals surface area contributed by atoms with Crippen molar-refractivity contribution in [3.63, 3.8) is 0 Å². The summed E-state index contributed by atoms with van der Waals surface area (Å²) in [5.41, 5.74) is 0.555. The number of benzene rings is 1. The molecule has 1 unspecified atom stereocenters. The number of ether oxygens (including phenoxy) is 1. The van der Waals surface area contributed by atoms with Crippen molar-refractivity contribution in [1.82, 2.24) is 14.9 Å². The molecule has 2 aliphatic heterocycles. The average molecular weight is 405 g/mol. The van der Waals surface area contributed by atoms with Gasteiger partial charge in [-0.05, 0) is 37.5 Å². The van der Waals surface area contributed by atoms with Gasteiger partial charge in [0.15, 0.2) is 16.4 Å². The van der Waals surface area contributed by atoms with Crippen molar-refractivity contribution < 1.29 is 17.9 Å². The van der Waals surface area contributed by atoms with Crippen LogP contribution in [-0.2, 0) is 27.6 Å². The van der Waals surface area contributed by atoms with E-state index in [4.69, 9.17) is 4.74 Å². The van der Waals surface area contributed by atoms with Crippen LogP contribution in [0.2, 0.25) is 0 Å². The van der Waals surface area contributed by atoms with Gasteiger partial charge in [-0.1, -0.05) is 6.42 Å². The van der Waals surface area contributed by atoms with Crippen LogP contribution in [0.5, 0.6) is 5.75 Å². The van der Waals surface area contributed by atoms with Crippen LogP contribution in [0.25, 0.3) is 10.9 Å². The molecule has 3 heterocycles. The number of nitrogens with zero attached hydrogens (tertiary/aromatic N) is 2. The van der Waals surface area contributed by atoms with Crippen molar-refractivity contribution in [3.8, 4) is 5.75 Å². The molecular formula is C19H23N3O5S. The second kappa shape index (κ2) is 7.54. The van der Waals surface area contributed by atoms with Gasteiger partial charge in [0.25, 0.3) is 11.5 Å². The van der Waals surface area contributed by atoms with E-state index in [1.807, 2.05) is 0 Å². The molecule has 4 rings (SSSR count). The minimum atomic E-state index is -3.05. The summed E-state index contributed by atoms with van der Waals surface area (Å²) in [4.78, 5) is 29.5. The predicted molar refractivity (Wildman–Crippen MR) is 104 cm³/mol. The summed E-state index contributed by atoms with van der Waals surface area (Å²) in [6, 6.07) is 4.69. The van der Waals surface area contributed by atoms with Gasteiger partial charge in [0.2, 0.25) is 0 Å². The highest BCUT2D eigenvalue weighted by atomic mass is 32.2. The summed E-state index contributed by atoms with van der Waals surface area (Å²) in [5, 5.41) is 3.16. The maximum atomic E-state index is 12.8. The molecule has 0 aliphatic carbocycles. The Kier molecular flexibility index (Phi) is 5.09. The zero-order chi connectivity index (χ0) is 19.7. The predicted octanol–water partition coefficient (Wildman–Crippen LogP) is 0.805. The average Bonchev–Trinajstić information content (AvgIpc) is 2.85. The summed E-state index contributed by atoms with van der Waals surface area (Å²) in [6.45, 7) is 0.441. The number of hydrogen-bond acceptors (Lipinski definition) is 6. The monoisotopic (exact) mass is 405 g/mol. The van der Waals surface area contributed by atoms with Crippen molar-refractivity contribution in [1.29, 1.82) is 0 Å². The molecule has 1 saturated heterocycles. The summed E-state index contributed by atoms with van der Waals surface area (Å²) >= 11 is 0. The number of aromatic nitrogens is 2. The second-order valence-electron chi connectivity index (χ2n) is 7.43. The number of fused-ring (bicyclic) bond motifs is 2. The molecule has 0 saturated carbocycles. The van der Waals surface area contributed by atoms with Crippen molar-refractivity contribution in [3.05, 3.63) is 34.4 Å². The highest BCUT2D eigenvalue weighted by Gasteiger charge is 2.28. The van der Waals surface area contributed by atoms with E-state index < -0.39 is 9.84 Å². The van der Waals surface area contributed by atoms with Crippen molar-refractivity contribution in [2.24, 2.45) is 0 Å². The van der Waals surface area contributed by atoms with Crippen LogP contribution in [0.1, 0.15) is 31.5 Å². The normalized spacial score (nSPS) is 21.1. The first kappa shape index (κ1) is 18.9. The van der Waals surface area contributed by atoms with Gasteiger partial charge in [0.05, 0.1) is 22.4 Å². The molecule has 8 nitrogen and oxygen atoms in total. The van der Waals surface area contributed by atoms with E-state index in [0.29, 0.717) is 29.6 Å². The molecule has 0 spiro atoms. The van der Waals surface area contributed by atoms with Crippen LogP contribution in [0.15, 0.2) is 23.0 Å². The van der Waals surface area contributed by atoms with Crippen molar-refractivity contribution in [2.75, 3.05) is 18.1 Å². The molecule has 1 N–H and O–H groups in total. The number of amides is 1. The van der Waals surface area contributed by atoms with Gasteiger partial charge >= 0.3 is 0 Å². The summed E-state index contributed by atoms with van der Waals surface area (Å²) in [7, 11) is -3.05. The maximum absolute atomic E-state index is 12.8. The molecule has 2 aromatic rings. The van der Waals surface area contributed by atoms with E-state index in [1.54, 1.807) is 22.8 Å². The lowest BCUT2D eigenvalue weighted by Gasteiger charge is -2.13. The minimum absolute atomic E-state index is 0.0255. The number of sulfone groups is 1. The van der Waals surface area contributed by atoms with Crippen LogP contribution < -0.4 is 15.6 Å². The Bertz CT molecular complexity index is 1080. The van der Waals surface area contributed by atoms with Gasteiger partial charge in [-0.15, -0.1) is 0 Å². The zero-order valence-electron chi connectivity index (χ0n) is 15.5. The van der Waals surface area contributed by atoms with E-state index in [1.165, 1.54) is 0 Å². The SMILES string of the molecule is O=C(COc1ccc2nc3n(c(=O)c2c1)CCCCC3)NC1CCS(=O)(=O)C1. The number of nitrogens with one attached hydrogen (secondary N) is 1. The topological polar surface area (TPSA) is 107 Å². The molecule has 1 aromatic heterocycles. The molecule has 9 heteroatoms. The third-order valence-corrected chi connectivity index (χ3v) is 7.02. The highest BCUT2D eigenvalue weighted by molar-refractivity contribution is 7.91. The van der Waals surface area contributed by atoms with Gasteiger partial charge in [-0.25, -0.2) is 13.4 Å². The fourth-order valence-electron chi connectivity index (χ4n) is 3.81. The Morgan fingerprint density at radius 1 is 1.29 bits per heavy atom. The second-order valence-corrected chi connectivity index (χ2v) is 9.66. The molecule has 1 atom stereocenters. The number of carbonyl (C=O) groups excluding carboxylic acids is 1. The molecular weight excluding hydrogens is 382 g/mol. The Balaban J connectivity index is 1.47. The van der Waals surface area contributed by atoms with Gasteiger partial charge in [0, 0.05) is 19.0 Å². The Labute approximate surface area is 162 Å². The lowest BCUT2D eigenvalue weighted by atomic mass is 10.2. The van der Waals surface area contributed by atoms with Gasteiger partial charge in [-0.3, -0.25) is 14.2 Å². The van der Waals surface area contributed by atoms with Crippen molar-refractivity contribution >= 4 is 26.6 Å². The maximum Gasteiger partial charge on any atom is 0.261 e. The number of hydrogen-bond donors (Lipinski definition) is 1. The van der Waals surface area contributed by atoms with Crippen LogP contribution in [0.3, 0.4) is 0 Å². The fraction of sp³-hybridized carbons (Fsp3) is 0.526. The first-order valence-electron chi connectivity index (χ1n) is 9.57. The van der Waals surface area contributed by atoms with E-state index in [2.05, 4.69) is 10.3 Å². The highest BCUT2D eigenvalue weighted by Crippen LogP contribution is 2.20. The van der Waals surface area contributed by atoms with E-state index in [9.17, 15) is 18.0 Å². The van der Waals surface area contributed by atoms with Crippen LogP contribution >= 0.6 is 0 Å². The third kappa shape index (κ3) is 4.04. The molecule has 2 aliphatic rings. The van der Waals surface area contributed by atoms with Gasteiger partial charge in [0.1, 0.15) is 11.6 Å². The van der Waals surface area contributed by atoms with Gasteiger partial charge in [-0.2, -0.15) is 0 Å². The summed E-state index contributed by atoms with van der Waals surface area (Å²) in [5.74, 6) is 0.941. The van der Waals surface area contributed by atoms with Crippen molar-refractivity contribution in [2.45, 2.75) is 44.7 Å². The van der Waals surface area contributed by atoms with Crippen LogP contribution in [-0.4, -0.2) is 48.0 Å². The van der Waals surface area contributed by atoms with E-state index in [0.717, 1.165) is 31.5 Å². The largest absolute Gasteiger partial charge is 0.484 e. The molecule has 1 amide bonds. The van der Waals surface area contributed by atoms with E-state index in [-0.39, 0.29) is 35.6 Å². The van der Waals surface area contributed by atoms with Crippen LogP contribution in [0, 0.1) is 0 Å². The first-order valence-corrected chi connectivity index (χ1v) is 11.4. The lowest BCUT2D eigenvalue weighted by Crippen LogP contribution is -2.38. The minimum Gasteiger partial charge on any atom is -0.484 e. The first-order chi connectivity index (χ1) is 13.4. The lowest BCUT2D eigenvalue weighted by molar-refractivity contribution is -0.123. The molecule has 1 aromatic carbocycles. The Morgan fingerprint density at radius 3 is 2.93 bits per heavy atom. The quantitative estimate of drug-likeness (QED) is 0.806. The summed E-state index contributed by atoms with van der Waals surface area (Å²) in [6.07, 6.45) is 4.33. The number of carbonyl (C=O) groups is 1. The molecule has 28 heavy (non-hydrogen) atoms. The zero-order valence-corrected chi connectivity index (χ0v) is 16.3. The Morgan fingerprint density at radius 2 is 2.14 bits per heavy atom. The molecule has 150 valence electrons. The van der Waals surface area contributed by atoms with Crippen LogP contribution in [0.4, 0.5) is 0 Å². The summed E-state index contributed by atoms with van der Waals surface area (Å²) < 4.78 is 30.2. The van der Waals surface area contributed by atoms with Gasteiger partial charge < -0.3 is 10.1 Å². The van der Waals surface area contributed by atoms with E-state index >= 15 is 0 Å². The third-order valence-electron chi connectivity index (χ3n) is 5.25. The smallest absolute Gasteiger partial charge is 0.261 e. The molecule has 1 fully saturated rings. The fourth-order valence-corrected chi connectivity index (χ4v) is 5.49. The standard InChI is InChI=1S/C19H23N3O5S/c23-18(20-13-7-9-28(25,26)12-13)11-27-14-5-6-16-15(10-14)19(24)22-8-3-1-2-4-17(22)21-16/h5-6,10,13H,1-4,7-9,11-12H2,(H,20,23). The molecule has 0 bridgehead atoms. The Hall–Kier alpha value is -2.42.